The predicted octanol–water partition coefficient (Wildman–Crippen LogP) is 2.71. The molecule has 0 radical (unpaired) electrons. The van der Waals surface area contributed by atoms with E-state index in [-0.39, 0.29) is 5.91 Å². The fourth-order valence-corrected chi connectivity index (χ4v) is 1.68. The van der Waals surface area contributed by atoms with E-state index in [1.54, 1.807) is 12.1 Å². The summed E-state index contributed by atoms with van der Waals surface area (Å²) in [5.74, 6) is -0.178. The average Bonchev–Trinajstić information content (AvgIpc) is 2.40. The van der Waals surface area contributed by atoms with Gasteiger partial charge in [-0.1, -0.05) is 41.9 Å². The Labute approximate surface area is 111 Å². The summed E-state index contributed by atoms with van der Waals surface area (Å²) >= 11 is 5.71. The maximum absolute atomic E-state index is 11.7. The molecule has 0 aliphatic heterocycles. The third-order valence-corrected chi connectivity index (χ3v) is 2.73. The Morgan fingerprint density at radius 2 is 1.94 bits per heavy atom. The second-order valence-electron chi connectivity index (χ2n) is 3.85. The molecular weight excluding hydrogens is 248 g/mol. The van der Waals surface area contributed by atoms with Gasteiger partial charge in [-0.25, -0.2) is 4.98 Å². The lowest BCUT2D eigenvalue weighted by molar-refractivity contribution is 0.0949. The number of nitrogens with one attached hydrogen (secondary N) is 1. The van der Waals surface area contributed by atoms with Gasteiger partial charge in [-0.05, 0) is 24.1 Å². The zero-order valence-electron chi connectivity index (χ0n) is 9.77. The second-order valence-corrected chi connectivity index (χ2v) is 4.29. The predicted molar refractivity (Wildman–Crippen MR) is 71.7 cm³/mol. The molecule has 1 heterocycles. The summed E-state index contributed by atoms with van der Waals surface area (Å²) in [7, 11) is 0. The standard InChI is InChI=1S/C14H13ClN2O/c15-12-6-7-13(17-10-12)14(18)16-9-8-11-4-2-1-3-5-11/h1-7,10H,8-9H2,(H,16,18). The molecule has 1 N–H and O–H groups in total. The Hall–Kier alpha value is -1.87. The summed E-state index contributed by atoms with van der Waals surface area (Å²) in [6.07, 6.45) is 2.27. The molecule has 3 nitrogen and oxygen atoms in total. The van der Waals surface area contributed by atoms with E-state index in [1.807, 2.05) is 30.3 Å². The minimum atomic E-state index is -0.178. The van der Waals surface area contributed by atoms with E-state index in [9.17, 15) is 4.79 Å². The highest BCUT2D eigenvalue weighted by Crippen LogP contribution is 2.06. The molecule has 0 aliphatic rings. The van der Waals surface area contributed by atoms with Crippen LogP contribution in [0.25, 0.3) is 0 Å². The first-order valence-electron chi connectivity index (χ1n) is 5.69. The van der Waals surface area contributed by atoms with Gasteiger partial charge in [-0.3, -0.25) is 4.79 Å². The van der Waals surface area contributed by atoms with Crippen molar-refractivity contribution in [1.29, 1.82) is 0 Å². The molecule has 1 aromatic carbocycles. The molecule has 4 heteroatoms. The van der Waals surface area contributed by atoms with Gasteiger partial charge in [-0.15, -0.1) is 0 Å². The van der Waals surface area contributed by atoms with E-state index in [0.717, 1.165) is 6.42 Å². The van der Waals surface area contributed by atoms with Gasteiger partial charge in [0.05, 0.1) is 5.02 Å². The Bertz CT molecular complexity index is 511. The van der Waals surface area contributed by atoms with E-state index < -0.39 is 0 Å². The first kappa shape index (κ1) is 12.6. The normalized spacial score (nSPS) is 10.1. The van der Waals surface area contributed by atoms with Crippen LogP contribution < -0.4 is 5.32 Å². The van der Waals surface area contributed by atoms with Gasteiger partial charge < -0.3 is 5.32 Å². The highest BCUT2D eigenvalue weighted by molar-refractivity contribution is 6.30. The van der Waals surface area contributed by atoms with E-state index in [1.165, 1.54) is 11.8 Å². The topological polar surface area (TPSA) is 42.0 Å². The lowest BCUT2D eigenvalue weighted by atomic mass is 10.1. The zero-order valence-corrected chi connectivity index (χ0v) is 10.5. The lowest BCUT2D eigenvalue weighted by Gasteiger charge is -2.04. The van der Waals surface area contributed by atoms with Crippen LogP contribution in [-0.2, 0) is 6.42 Å². The fraction of sp³-hybridized carbons (Fsp3) is 0.143. The number of amides is 1. The Morgan fingerprint density at radius 3 is 2.61 bits per heavy atom. The quantitative estimate of drug-likeness (QED) is 0.918. The maximum atomic E-state index is 11.7. The number of pyridine rings is 1. The van der Waals surface area contributed by atoms with Gasteiger partial charge in [0.15, 0.2) is 0 Å². The summed E-state index contributed by atoms with van der Waals surface area (Å²) in [6, 6.07) is 13.3. The van der Waals surface area contributed by atoms with Crippen LogP contribution in [0.5, 0.6) is 0 Å². The van der Waals surface area contributed by atoms with Crippen LogP contribution in [0.1, 0.15) is 16.1 Å². The number of nitrogens with zero attached hydrogens (tertiary/aromatic N) is 1. The Balaban J connectivity index is 1.84. The highest BCUT2D eigenvalue weighted by Gasteiger charge is 2.05. The van der Waals surface area contributed by atoms with Crippen LogP contribution in [0.15, 0.2) is 48.7 Å². The molecule has 18 heavy (non-hydrogen) atoms. The van der Waals surface area contributed by atoms with E-state index in [0.29, 0.717) is 17.3 Å². The van der Waals surface area contributed by atoms with Crippen molar-refractivity contribution < 1.29 is 4.79 Å². The summed E-state index contributed by atoms with van der Waals surface area (Å²) < 4.78 is 0. The molecule has 1 aromatic heterocycles. The number of carbonyl (C=O) groups is 1. The summed E-state index contributed by atoms with van der Waals surface area (Å²) in [6.45, 7) is 0.590. The van der Waals surface area contributed by atoms with Crippen molar-refractivity contribution in [2.24, 2.45) is 0 Å². The van der Waals surface area contributed by atoms with Crippen LogP contribution in [0, 0.1) is 0 Å². The third kappa shape index (κ3) is 3.57. The van der Waals surface area contributed by atoms with Crippen molar-refractivity contribution in [2.75, 3.05) is 6.54 Å². The fourth-order valence-electron chi connectivity index (χ4n) is 1.57. The molecule has 0 spiro atoms. The van der Waals surface area contributed by atoms with Crippen LogP contribution in [0.3, 0.4) is 0 Å². The van der Waals surface area contributed by atoms with Crippen molar-refractivity contribution in [3.63, 3.8) is 0 Å². The molecule has 0 atom stereocenters. The summed E-state index contributed by atoms with van der Waals surface area (Å²) in [5, 5.41) is 3.35. The van der Waals surface area contributed by atoms with Crippen LogP contribution in [0.2, 0.25) is 5.02 Å². The molecule has 0 saturated heterocycles. The molecule has 0 fully saturated rings. The SMILES string of the molecule is O=C(NCCc1ccccc1)c1ccc(Cl)cn1. The smallest absolute Gasteiger partial charge is 0.269 e. The van der Waals surface area contributed by atoms with Gasteiger partial charge in [0, 0.05) is 12.7 Å². The van der Waals surface area contributed by atoms with Crippen molar-refractivity contribution in [3.8, 4) is 0 Å². The van der Waals surface area contributed by atoms with Gasteiger partial charge >= 0.3 is 0 Å². The van der Waals surface area contributed by atoms with E-state index in [2.05, 4.69) is 10.3 Å². The van der Waals surface area contributed by atoms with Crippen LogP contribution >= 0.6 is 11.6 Å². The van der Waals surface area contributed by atoms with Crippen molar-refractivity contribution >= 4 is 17.5 Å². The first-order chi connectivity index (χ1) is 8.75. The van der Waals surface area contributed by atoms with Gasteiger partial charge in [-0.2, -0.15) is 0 Å². The maximum Gasteiger partial charge on any atom is 0.269 e. The van der Waals surface area contributed by atoms with E-state index in [4.69, 9.17) is 11.6 Å². The third-order valence-electron chi connectivity index (χ3n) is 2.50. The summed E-state index contributed by atoms with van der Waals surface area (Å²) in [4.78, 5) is 15.7. The minimum absolute atomic E-state index is 0.178. The monoisotopic (exact) mass is 260 g/mol. The number of halogens is 1. The number of hydrogen-bond donors (Lipinski definition) is 1. The van der Waals surface area contributed by atoms with Gasteiger partial charge in [0.25, 0.3) is 5.91 Å². The molecule has 2 rings (SSSR count). The highest BCUT2D eigenvalue weighted by atomic mass is 35.5. The second kappa shape index (κ2) is 6.17. The van der Waals surface area contributed by atoms with Crippen LogP contribution in [-0.4, -0.2) is 17.4 Å². The van der Waals surface area contributed by atoms with Crippen LogP contribution in [0.4, 0.5) is 0 Å². The number of hydrogen-bond acceptors (Lipinski definition) is 2. The average molecular weight is 261 g/mol. The largest absolute Gasteiger partial charge is 0.350 e. The molecule has 0 unspecified atom stereocenters. The Kier molecular flexibility index (Phi) is 4.31. The van der Waals surface area contributed by atoms with Gasteiger partial charge in [0.1, 0.15) is 5.69 Å². The molecular formula is C14H13ClN2O. The zero-order chi connectivity index (χ0) is 12.8. The molecule has 0 saturated carbocycles. The molecule has 0 aliphatic carbocycles. The first-order valence-corrected chi connectivity index (χ1v) is 6.07. The van der Waals surface area contributed by atoms with Crippen molar-refractivity contribution in [3.05, 3.63) is 64.9 Å². The van der Waals surface area contributed by atoms with Gasteiger partial charge in [0.2, 0.25) is 0 Å². The number of benzene rings is 1. The van der Waals surface area contributed by atoms with Crippen molar-refractivity contribution in [2.45, 2.75) is 6.42 Å². The lowest BCUT2D eigenvalue weighted by Crippen LogP contribution is -2.26. The molecule has 92 valence electrons. The molecule has 0 bridgehead atoms. The molecule has 2 aromatic rings. The minimum Gasteiger partial charge on any atom is -0.350 e. The molecule has 1 amide bonds. The van der Waals surface area contributed by atoms with E-state index >= 15 is 0 Å². The Morgan fingerprint density at radius 1 is 1.17 bits per heavy atom. The van der Waals surface area contributed by atoms with Crippen molar-refractivity contribution in [1.82, 2.24) is 10.3 Å². The number of aromatic nitrogens is 1. The number of rotatable bonds is 4. The number of carbonyl (C=O) groups excluding carboxylic acids is 1. The summed E-state index contributed by atoms with van der Waals surface area (Å²) in [5.41, 5.74) is 1.58.